The van der Waals surface area contributed by atoms with Gasteiger partial charge in [-0.05, 0) is 30.3 Å². The maximum atomic E-state index is 13.9. The Morgan fingerprint density at radius 1 is 0.962 bits per heavy atom. The number of benzene rings is 3. The van der Waals surface area contributed by atoms with Crippen LogP contribution in [0.15, 0.2) is 65.1 Å². The predicted molar refractivity (Wildman–Crippen MR) is 101 cm³/mol. The highest BCUT2D eigenvalue weighted by Gasteiger charge is 2.18. The summed E-state index contributed by atoms with van der Waals surface area (Å²) in [6.07, 6.45) is 0. The molecule has 4 aromatic rings. The number of para-hydroxylation sites is 1. The minimum Gasteiger partial charge on any atom is -0.456 e. The van der Waals surface area contributed by atoms with E-state index >= 15 is 0 Å². The summed E-state index contributed by atoms with van der Waals surface area (Å²) in [7, 11) is -3.85. The zero-order chi connectivity index (χ0) is 18.3. The third-order valence-electron chi connectivity index (χ3n) is 4.05. The van der Waals surface area contributed by atoms with Crippen molar-refractivity contribution in [2.75, 3.05) is 4.72 Å². The van der Waals surface area contributed by atoms with E-state index < -0.39 is 21.6 Å². The molecule has 0 spiro atoms. The lowest BCUT2D eigenvalue weighted by atomic mass is 10.1. The van der Waals surface area contributed by atoms with E-state index in [2.05, 4.69) is 4.72 Å². The van der Waals surface area contributed by atoms with Gasteiger partial charge in [-0.15, -0.1) is 0 Å². The van der Waals surface area contributed by atoms with Gasteiger partial charge in [0.15, 0.2) is 0 Å². The molecule has 0 aliphatic heterocycles. The van der Waals surface area contributed by atoms with Crippen molar-refractivity contribution < 1.29 is 17.2 Å². The van der Waals surface area contributed by atoms with Crippen LogP contribution in [0.5, 0.6) is 0 Å². The summed E-state index contributed by atoms with van der Waals surface area (Å²) in [5.41, 5.74) is 1.56. The third-order valence-corrected chi connectivity index (χ3v) is 5.62. The van der Waals surface area contributed by atoms with Gasteiger partial charge in [0.05, 0.1) is 11.4 Å². The van der Waals surface area contributed by atoms with E-state index in [1.54, 1.807) is 18.2 Å². The van der Waals surface area contributed by atoms with Crippen molar-refractivity contribution in [3.05, 3.63) is 77.1 Å². The first-order valence-corrected chi connectivity index (χ1v) is 9.81. The molecule has 0 radical (unpaired) electrons. The van der Waals surface area contributed by atoms with Crippen LogP contribution in [0.25, 0.3) is 21.9 Å². The summed E-state index contributed by atoms with van der Waals surface area (Å²) in [4.78, 5) is 0. The minimum atomic E-state index is -3.85. The van der Waals surface area contributed by atoms with Crippen molar-refractivity contribution in [3.8, 4) is 0 Å². The topological polar surface area (TPSA) is 59.3 Å². The molecule has 0 fully saturated rings. The minimum absolute atomic E-state index is 0.0634. The Kier molecular flexibility index (Phi) is 4.09. The smallest absolute Gasteiger partial charge is 0.237 e. The Bertz CT molecular complexity index is 1210. The van der Waals surface area contributed by atoms with Crippen molar-refractivity contribution in [1.29, 1.82) is 0 Å². The molecule has 0 aliphatic carbocycles. The molecule has 0 bridgehead atoms. The van der Waals surface area contributed by atoms with Crippen molar-refractivity contribution in [1.82, 2.24) is 0 Å². The van der Waals surface area contributed by atoms with Crippen LogP contribution >= 0.6 is 11.6 Å². The summed E-state index contributed by atoms with van der Waals surface area (Å²) in [5, 5.41) is 1.92. The number of hydrogen-bond donors (Lipinski definition) is 1. The lowest BCUT2D eigenvalue weighted by Gasteiger charge is -2.10. The van der Waals surface area contributed by atoms with Crippen molar-refractivity contribution in [2.24, 2.45) is 0 Å². The first-order chi connectivity index (χ1) is 12.4. The number of hydrogen-bond acceptors (Lipinski definition) is 3. The van der Waals surface area contributed by atoms with Crippen molar-refractivity contribution in [3.63, 3.8) is 0 Å². The van der Waals surface area contributed by atoms with E-state index in [-0.39, 0.29) is 10.6 Å². The van der Waals surface area contributed by atoms with Crippen molar-refractivity contribution >= 4 is 49.3 Å². The van der Waals surface area contributed by atoms with Crippen LogP contribution in [0.2, 0.25) is 5.02 Å². The van der Waals surface area contributed by atoms with Crippen molar-refractivity contribution in [2.45, 2.75) is 5.75 Å². The molecule has 1 heterocycles. The first-order valence-electron chi connectivity index (χ1n) is 7.78. The van der Waals surface area contributed by atoms with Gasteiger partial charge >= 0.3 is 0 Å². The molecular formula is C19H13ClFNO3S. The Morgan fingerprint density at radius 3 is 2.54 bits per heavy atom. The average molecular weight is 390 g/mol. The van der Waals surface area contributed by atoms with Gasteiger partial charge in [0, 0.05) is 27.4 Å². The van der Waals surface area contributed by atoms with Crippen LogP contribution in [0.1, 0.15) is 5.56 Å². The number of halogens is 2. The quantitative estimate of drug-likeness (QED) is 0.513. The Labute approximate surface area is 154 Å². The van der Waals surface area contributed by atoms with E-state index in [1.165, 1.54) is 18.2 Å². The Hall–Kier alpha value is -2.57. The molecule has 132 valence electrons. The van der Waals surface area contributed by atoms with Gasteiger partial charge in [-0.25, -0.2) is 12.8 Å². The molecule has 0 saturated heterocycles. The number of fused-ring (bicyclic) bond motifs is 3. The summed E-state index contributed by atoms with van der Waals surface area (Å²) in [6, 6.07) is 16.7. The summed E-state index contributed by atoms with van der Waals surface area (Å²) in [6.45, 7) is 0. The molecule has 4 rings (SSSR count). The fraction of sp³-hybridized carbons (Fsp3) is 0.0526. The van der Waals surface area contributed by atoms with Crippen LogP contribution in [0, 0.1) is 5.82 Å². The molecule has 0 atom stereocenters. The fourth-order valence-corrected chi connectivity index (χ4v) is 4.41. The van der Waals surface area contributed by atoms with Gasteiger partial charge in [0.25, 0.3) is 0 Å². The number of sulfonamides is 1. The number of nitrogens with one attached hydrogen (secondary N) is 1. The molecule has 1 aromatic heterocycles. The zero-order valence-electron chi connectivity index (χ0n) is 13.4. The fourth-order valence-electron chi connectivity index (χ4n) is 2.87. The van der Waals surface area contributed by atoms with E-state index in [1.807, 2.05) is 24.3 Å². The van der Waals surface area contributed by atoms with Crippen LogP contribution in [-0.4, -0.2) is 8.42 Å². The van der Waals surface area contributed by atoms with Gasteiger partial charge < -0.3 is 4.42 Å². The largest absolute Gasteiger partial charge is 0.456 e. The highest BCUT2D eigenvalue weighted by molar-refractivity contribution is 7.91. The zero-order valence-corrected chi connectivity index (χ0v) is 14.9. The number of rotatable bonds is 4. The number of furan rings is 1. The molecule has 4 nitrogen and oxygen atoms in total. The second-order valence-corrected chi connectivity index (χ2v) is 8.00. The SMILES string of the molecule is O=S(=O)(Cc1c(F)cccc1Cl)Nc1ccc2c(c1)oc1ccccc12. The maximum absolute atomic E-state index is 13.9. The molecule has 7 heteroatoms. The van der Waals surface area contributed by atoms with Crippen LogP contribution in [0.3, 0.4) is 0 Å². The molecule has 1 N–H and O–H groups in total. The molecule has 0 saturated carbocycles. The van der Waals surface area contributed by atoms with Gasteiger partial charge in [0.1, 0.15) is 17.0 Å². The molecule has 0 unspecified atom stereocenters. The van der Waals surface area contributed by atoms with Crippen LogP contribution < -0.4 is 4.72 Å². The highest BCUT2D eigenvalue weighted by atomic mass is 35.5. The highest BCUT2D eigenvalue weighted by Crippen LogP contribution is 2.31. The summed E-state index contributed by atoms with van der Waals surface area (Å²) >= 11 is 5.91. The Balaban J connectivity index is 1.66. The normalized spacial score (nSPS) is 11.9. The van der Waals surface area contributed by atoms with E-state index in [0.29, 0.717) is 11.3 Å². The average Bonchev–Trinajstić information content (AvgIpc) is 2.95. The van der Waals surface area contributed by atoms with E-state index in [0.717, 1.165) is 16.4 Å². The molecular weight excluding hydrogens is 377 g/mol. The van der Waals surface area contributed by atoms with E-state index in [4.69, 9.17) is 16.0 Å². The van der Waals surface area contributed by atoms with Gasteiger partial charge in [-0.2, -0.15) is 0 Å². The van der Waals surface area contributed by atoms with Gasteiger partial charge in [0.2, 0.25) is 10.0 Å². The second kappa shape index (κ2) is 6.30. The molecule has 26 heavy (non-hydrogen) atoms. The molecule has 0 aliphatic rings. The third kappa shape index (κ3) is 3.13. The van der Waals surface area contributed by atoms with E-state index in [9.17, 15) is 12.8 Å². The van der Waals surface area contributed by atoms with Crippen LogP contribution in [0.4, 0.5) is 10.1 Å². The number of anilines is 1. The monoisotopic (exact) mass is 389 g/mol. The maximum Gasteiger partial charge on any atom is 0.237 e. The first kappa shape index (κ1) is 16.9. The van der Waals surface area contributed by atoms with Gasteiger partial charge in [-0.1, -0.05) is 35.9 Å². The molecule has 0 amide bonds. The summed E-state index contributed by atoms with van der Waals surface area (Å²) in [5.74, 6) is -1.22. The standard InChI is InChI=1S/C19H13ClFNO3S/c20-16-5-3-6-17(21)15(16)11-26(23,24)22-12-8-9-14-13-4-1-2-7-18(13)25-19(14)10-12/h1-10,22H,11H2. The second-order valence-electron chi connectivity index (χ2n) is 5.87. The summed E-state index contributed by atoms with van der Waals surface area (Å²) < 4.78 is 46.9. The predicted octanol–water partition coefficient (Wildman–Crippen LogP) is 5.32. The Morgan fingerprint density at radius 2 is 1.73 bits per heavy atom. The van der Waals surface area contributed by atoms with Gasteiger partial charge in [-0.3, -0.25) is 4.72 Å². The molecule has 3 aromatic carbocycles. The van der Waals surface area contributed by atoms with Crippen LogP contribution in [-0.2, 0) is 15.8 Å². The lowest BCUT2D eigenvalue weighted by molar-refractivity contribution is 0.591. The lowest BCUT2D eigenvalue weighted by Crippen LogP contribution is -2.16.